The van der Waals surface area contributed by atoms with Gasteiger partial charge in [0.1, 0.15) is 0 Å². The largest absolute Gasteiger partial charge is 0.452 e. The molecule has 1 aromatic heterocycles. The Morgan fingerprint density at radius 2 is 1.70 bits per heavy atom. The van der Waals surface area contributed by atoms with Crippen molar-refractivity contribution < 1.29 is 40.6 Å². The number of methoxy groups -OCH3 is 1. The maximum atomic E-state index is 13.3. The molecule has 1 amide bonds. The third-order valence-electron chi connectivity index (χ3n) is 6.84. The Labute approximate surface area is 224 Å². The summed E-state index contributed by atoms with van der Waals surface area (Å²) in [6.45, 7) is -0.468. The van der Waals surface area contributed by atoms with Crippen LogP contribution in [0.3, 0.4) is 0 Å². The summed E-state index contributed by atoms with van der Waals surface area (Å²) in [5.41, 5.74) is -0.623. The standard InChI is InChI=1S/C26H26F6N4O4/c1-39-24(38)35-36-21(33-34-23(36)37)12-17-8-5-9-20(22(17)16-6-3-2-4-7-16)40-14-15-10-18(25(27,28)29)13-19(11-15)26(30,31)32/h2-4,6-7,10-11,13,17,20,22H,5,8-9,12,14H2,1H3,(H,34,37)(H,35,38)/t17-,20+,22-/m1/s1. The fourth-order valence-electron chi connectivity index (χ4n) is 5.08. The molecule has 0 radical (unpaired) electrons. The lowest BCUT2D eigenvalue weighted by Crippen LogP contribution is -2.36. The van der Waals surface area contributed by atoms with Crippen LogP contribution in [0.2, 0.25) is 0 Å². The summed E-state index contributed by atoms with van der Waals surface area (Å²) in [5.74, 6) is -0.308. The maximum Gasteiger partial charge on any atom is 0.426 e. The normalized spacial score (nSPS) is 19.8. The number of H-pyrrole nitrogens is 1. The van der Waals surface area contributed by atoms with Crippen LogP contribution in [-0.2, 0) is 34.9 Å². The Bertz CT molecular complexity index is 1340. The van der Waals surface area contributed by atoms with E-state index in [1.54, 1.807) is 0 Å². The molecule has 1 aliphatic rings. The van der Waals surface area contributed by atoms with Crippen LogP contribution in [-0.4, -0.2) is 34.2 Å². The number of carbonyl (C=O) groups is 1. The molecule has 1 saturated carbocycles. The van der Waals surface area contributed by atoms with Crippen molar-refractivity contribution in [3.05, 3.63) is 87.1 Å². The summed E-state index contributed by atoms with van der Waals surface area (Å²) >= 11 is 0. The molecule has 0 aliphatic heterocycles. The zero-order valence-electron chi connectivity index (χ0n) is 21.2. The molecule has 2 aromatic carbocycles. The van der Waals surface area contributed by atoms with Crippen LogP contribution in [0.15, 0.2) is 53.3 Å². The summed E-state index contributed by atoms with van der Waals surface area (Å²) in [7, 11) is 1.14. The molecule has 1 heterocycles. The van der Waals surface area contributed by atoms with Crippen molar-refractivity contribution in [1.29, 1.82) is 0 Å². The number of halogens is 6. The van der Waals surface area contributed by atoms with E-state index in [9.17, 15) is 35.9 Å². The first kappa shape index (κ1) is 29.2. The van der Waals surface area contributed by atoms with E-state index in [0.29, 0.717) is 31.4 Å². The lowest BCUT2D eigenvalue weighted by molar-refractivity contribution is -0.143. The molecule has 3 aromatic rings. The number of nitrogens with zero attached hydrogens (tertiary/aromatic N) is 2. The fourth-order valence-corrected chi connectivity index (χ4v) is 5.08. The van der Waals surface area contributed by atoms with Crippen molar-refractivity contribution in [3.8, 4) is 0 Å². The third kappa shape index (κ3) is 6.84. The second kappa shape index (κ2) is 11.7. The highest BCUT2D eigenvalue weighted by Gasteiger charge is 2.38. The van der Waals surface area contributed by atoms with Gasteiger partial charge in [-0.05, 0) is 48.1 Å². The number of hydrogen-bond acceptors (Lipinski definition) is 5. The van der Waals surface area contributed by atoms with E-state index in [1.165, 1.54) is 0 Å². The van der Waals surface area contributed by atoms with Crippen LogP contribution in [0.1, 0.15) is 53.3 Å². The minimum absolute atomic E-state index is 0.0820. The lowest BCUT2D eigenvalue weighted by atomic mass is 9.72. The number of aromatic nitrogens is 3. The molecule has 8 nitrogen and oxygen atoms in total. The van der Waals surface area contributed by atoms with Gasteiger partial charge in [0.05, 0.1) is 30.9 Å². The Balaban J connectivity index is 1.62. The number of rotatable bonds is 7. The number of alkyl halides is 6. The van der Waals surface area contributed by atoms with Gasteiger partial charge in [-0.3, -0.25) is 0 Å². The van der Waals surface area contributed by atoms with Crippen LogP contribution in [0, 0.1) is 5.92 Å². The Morgan fingerprint density at radius 3 is 2.30 bits per heavy atom. The molecule has 4 rings (SSSR count). The van der Waals surface area contributed by atoms with Crippen LogP contribution in [0.4, 0.5) is 31.1 Å². The van der Waals surface area contributed by atoms with Crippen molar-refractivity contribution in [2.24, 2.45) is 5.92 Å². The molecular formula is C26H26F6N4O4. The molecule has 216 valence electrons. The second-order valence-corrected chi connectivity index (χ2v) is 9.48. The quantitative estimate of drug-likeness (QED) is 0.358. The molecule has 1 aliphatic carbocycles. The summed E-state index contributed by atoms with van der Waals surface area (Å²) < 4.78 is 91.5. The highest BCUT2D eigenvalue weighted by Crippen LogP contribution is 2.42. The van der Waals surface area contributed by atoms with Crippen molar-refractivity contribution in [1.82, 2.24) is 14.9 Å². The van der Waals surface area contributed by atoms with Gasteiger partial charge in [-0.2, -0.15) is 36.1 Å². The highest BCUT2D eigenvalue weighted by atomic mass is 19.4. The van der Waals surface area contributed by atoms with Crippen LogP contribution < -0.4 is 11.1 Å². The van der Waals surface area contributed by atoms with Crippen molar-refractivity contribution >= 4 is 6.09 Å². The van der Waals surface area contributed by atoms with E-state index in [1.807, 2.05) is 30.3 Å². The molecule has 0 saturated heterocycles. The zero-order valence-corrected chi connectivity index (χ0v) is 21.2. The molecule has 2 N–H and O–H groups in total. The number of ether oxygens (including phenoxy) is 2. The van der Waals surface area contributed by atoms with Crippen molar-refractivity contribution in [3.63, 3.8) is 0 Å². The number of benzene rings is 2. The fraction of sp³-hybridized carbons (Fsp3) is 0.423. The summed E-state index contributed by atoms with van der Waals surface area (Å²) in [6, 6.07) is 10.5. The van der Waals surface area contributed by atoms with E-state index in [0.717, 1.165) is 17.3 Å². The third-order valence-corrected chi connectivity index (χ3v) is 6.84. The summed E-state index contributed by atoms with van der Waals surface area (Å²) in [4.78, 5) is 23.9. The minimum atomic E-state index is -4.96. The predicted molar refractivity (Wildman–Crippen MR) is 130 cm³/mol. The molecule has 14 heteroatoms. The molecule has 1 fully saturated rings. The lowest BCUT2D eigenvalue weighted by Gasteiger charge is -2.38. The number of nitrogens with one attached hydrogen (secondary N) is 2. The zero-order chi connectivity index (χ0) is 29.1. The second-order valence-electron chi connectivity index (χ2n) is 9.48. The Hall–Kier alpha value is -3.81. The SMILES string of the molecule is COC(=O)Nn1c(C[C@H]2CCC[C@H](OCc3cc(C(F)(F)F)cc(C(F)(F)F)c3)[C@@H]2c2ccccc2)n[nH]c1=O. The first-order chi connectivity index (χ1) is 18.9. The molecule has 3 atom stereocenters. The average Bonchev–Trinajstić information content (AvgIpc) is 3.25. The topological polar surface area (TPSA) is 98.2 Å². The molecule has 0 spiro atoms. The van der Waals surface area contributed by atoms with Gasteiger partial charge in [0.25, 0.3) is 0 Å². The first-order valence-corrected chi connectivity index (χ1v) is 12.3. The minimum Gasteiger partial charge on any atom is -0.452 e. The van der Waals surface area contributed by atoms with Crippen LogP contribution in [0.5, 0.6) is 0 Å². The predicted octanol–water partition coefficient (Wildman–Crippen LogP) is 5.63. The van der Waals surface area contributed by atoms with Crippen molar-refractivity contribution in [2.45, 2.75) is 56.7 Å². The molecule has 40 heavy (non-hydrogen) atoms. The van der Waals surface area contributed by atoms with E-state index >= 15 is 0 Å². The highest BCUT2D eigenvalue weighted by molar-refractivity contribution is 5.75. The van der Waals surface area contributed by atoms with Gasteiger partial charge in [-0.15, -0.1) is 0 Å². The smallest absolute Gasteiger partial charge is 0.426 e. The summed E-state index contributed by atoms with van der Waals surface area (Å²) in [6.07, 6.45) is -9.33. The van der Waals surface area contributed by atoms with Gasteiger partial charge < -0.3 is 9.47 Å². The Morgan fingerprint density at radius 1 is 1.05 bits per heavy atom. The monoisotopic (exact) mass is 572 g/mol. The number of amides is 1. The molecular weight excluding hydrogens is 546 g/mol. The summed E-state index contributed by atoms with van der Waals surface area (Å²) in [5, 5.41) is 6.29. The van der Waals surface area contributed by atoms with Gasteiger partial charge in [-0.25, -0.2) is 20.1 Å². The average molecular weight is 573 g/mol. The van der Waals surface area contributed by atoms with E-state index in [4.69, 9.17) is 4.74 Å². The van der Waals surface area contributed by atoms with Crippen LogP contribution in [0.25, 0.3) is 0 Å². The number of carbonyl (C=O) groups excluding carboxylic acids is 1. The molecule has 0 bridgehead atoms. The van der Waals surface area contributed by atoms with Gasteiger partial charge in [0, 0.05) is 12.3 Å². The van der Waals surface area contributed by atoms with Gasteiger partial charge in [0.15, 0.2) is 5.82 Å². The first-order valence-electron chi connectivity index (χ1n) is 12.3. The van der Waals surface area contributed by atoms with Crippen LogP contribution >= 0.6 is 0 Å². The Kier molecular flexibility index (Phi) is 8.57. The maximum absolute atomic E-state index is 13.3. The molecule has 0 unspecified atom stereocenters. The van der Waals surface area contributed by atoms with E-state index < -0.39 is 48.0 Å². The van der Waals surface area contributed by atoms with Crippen molar-refractivity contribution in [2.75, 3.05) is 12.5 Å². The van der Waals surface area contributed by atoms with E-state index in [2.05, 4.69) is 20.4 Å². The number of hydrogen-bond donors (Lipinski definition) is 2. The van der Waals surface area contributed by atoms with E-state index in [-0.39, 0.29) is 35.7 Å². The van der Waals surface area contributed by atoms with Gasteiger partial charge in [0.2, 0.25) is 0 Å². The van der Waals surface area contributed by atoms with Gasteiger partial charge >= 0.3 is 24.1 Å². The van der Waals surface area contributed by atoms with Gasteiger partial charge in [-0.1, -0.05) is 36.8 Å². The number of aromatic amines is 1.